The van der Waals surface area contributed by atoms with Crippen LogP contribution in [0.3, 0.4) is 0 Å². The maximum Gasteiger partial charge on any atom is 0.191 e. The summed E-state index contributed by atoms with van der Waals surface area (Å²) in [5, 5.41) is 7.82. The Morgan fingerprint density at radius 3 is 2.75 bits per heavy atom. The van der Waals surface area contributed by atoms with Crippen molar-refractivity contribution in [3.8, 4) is 11.5 Å². The molecule has 0 radical (unpaired) electrons. The molecule has 2 aromatic carbocycles. The Morgan fingerprint density at radius 1 is 1.04 bits per heavy atom. The largest absolute Gasteiger partial charge is 0.497 e. The van der Waals surface area contributed by atoms with E-state index in [4.69, 9.17) is 9.47 Å². The van der Waals surface area contributed by atoms with Crippen molar-refractivity contribution in [2.45, 2.75) is 13.0 Å². The number of hydrogen-bond donors (Lipinski definition) is 2. The second-order valence-electron chi connectivity index (χ2n) is 6.22. The van der Waals surface area contributed by atoms with Crippen molar-refractivity contribution in [3.63, 3.8) is 0 Å². The summed E-state index contributed by atoms with van der Waals surface area (Å²) < 4.78 is 11.0. The highest BCUT2D eigenvalue weighted by Crippen LogP contribution is 2.19. The number of aliphatic imine (C=N–C) groups is 1. The SMILES string of the molecule is CN=C(NCCCOc1cccc(OC)c1)NCc1ccnc2ccccc12. The lowest BCUT2D eigenvalue weighted by Gasteiger charge is -2.13. The van der Waals surface area contributed by atoms with Crippen molar-refractivity contribution in [1.82, 2.24) is 15.6 Å². The molecule has 0 aliphatic carbocycles. The Bertz CT molecular complexity index is 922. The Morgan fingerprint density at radius 2 is 1.89 bits per heavy atom. The van der Waals surface area contributed by atoms with Gasteiger partial charge in [-0.05, 0) is 36.2 Å². The summed E-state index contributed by atoms with van der Waals surface area (Å²) in [7, 11) is 3.42. The van der Waals surface area contributed by atoms with E-state index < -0.39 is 0 Å². The Balaban J connectivity index is 1.42. The molecule has 6 nitrogen and oxygen atoms in total. The van der Waals surface area contributed by atoms with Gasteiger partial charge in [0.1, 0.15) is 11.5 Å². The number of methoxy groups -OCH3 is 1. The van der Waals surface area contributed by atoms with Crippen molar-refractivity contribution in [2.24, 2.45) is 4.99 Å². The van der Waals surface area contributed by atoms with E-state index in [1.54, 1.807) is 14.2 Å². The van der Waals surface area contributed by atoms with Gasteiger partial charge in [0.25, 0.3) is 0 Å². The number of benzene rings is 2. The van der Waals surface area contributed by atoms with Gasteiger partial charge in [-0.1, -0.05) is 24.3 Å². The van der Waals surface area contributed by atoms with Crippen LogP contribution < -0.4 is 20.1 Å². The molecule has 0 saturated heterocycles. The topological polar surface area (TPSA) is 67.8 Å². The van der Waals surface area contributed by atoms with E-state index in [9.17, 15) is 0 Å². The van der Waals surface area contributed by atoms with Crippen LogP contribution in [0.1, 0.15) is 12.0 Å². The molecule has 3 rings (SSSR count). The normalized spacial score (nSPS) is 11.3. The van der Waals surface area contributed by atoms with E-state index in [1.807, 2.05) is 54.7 Å². The van der Waals surface area contributed by atoms with Crippen molar-refractivity contribution in [1.29, 1.82) is 0 Å². The second kappa shape index (κ2) is 10.2. The average molecular weight is 378 g/mol. The lowest BCUT2D eigenvalue weighted by atomic mass is 10.1. The second-order valence-corrected chi connectivity index (χ2v) is 6.22. The fourth-order valence-corrected chi connectivity index (χ4v) is 2.87. The van der Waals surface area contributed by atoms with Crippen LogP contribution >= 0.6 is 0 Å². The molecule has 1 heterocycles. The number of pyridine rings is 1. The monoisotopic (exact) mass is 378 g/mol. The summed E-state index contributed by atoms with van der Waals surface area (Å²) in [4.78, 5) is 8.68. The summed E-state index contributed by atoms with van der Waals surface area (Å²) in [6, 6.07) is 17.8. The number of para-hydroxylation sites is 1. The summed E-state index contributed by atoms with van der Waals surface area (Å²) >= 11 is 0. The quantitative estimate of drug-likeness (QED) is 0.357. The lowest BCUT2D eigenvalue weighted by Crippen LogP contribution is -2.37. The van der Waals surface area contributed by atoms with Crippen molar-refractivity contribution in [3.05, 3.63) is 66.4 Å². The van der Waals surface area contributed by atoms with Crippen LogP contribution in [0.15, 0.2) is 65.8 Å². The van der Waals surface area contributed by atoms with Crippen LogP contribution in [0.5, 0.6) is 11.5 Å². The molecule has 0 aliphatic heterocycles. The molecule has 0 fully saturated rings. The molecule has 6 heteroatoms. The molecule has 0 bridgehead atoms. The standard InChI is InChI=1S/C22H26N4O2/c1-23-22(25-12-6-14-28-19-8-5-7-18(15-19)27-2)26-16-17-11-13-24-21-10-4-3-9-20(17)21/h3-5,7-11,13,15H,6,12,14,16H2,1-2H3,(H2,23,25,26). The van der Waals surface area contributed by atoms with E-state index in [0.717, 1.165) is 41.3 Å². The molecule has 2 N–H and O–H groups in total. The zero-order chi connectivity index (χ0) is 19.6. The van der Waals surface area contributed by atoms with Gasteiger partial charge >= 0.3 is 0 Å². The first-order valence-corrected chi connectivity index (χ1v) is 9.34. The van der Waals surface area contributed by atoms with Gasteiger partial charge in [-0.15, -0.1) is 0 Å². The van der Waals surface area contributed by atoms with Crippen LogP contribution in [0.25, 0.3) is 10.9 Å². The molecule has 0 spiro atoms. The maximum absolute atomic E-state index is 5.75. The van der Waals surface area contributed by atoms with Crippen LogP contribution in [-0.4, -0.2) is 38.3 Å². The molecule has 28 heavy (non-hydrogen) atoms. The fraction of sp³-hybridized carbons (Fsp3) is 0.273. The third kappa shape index (κ3) is 5.36. The number of hydrogen-bond acceptors (Lipinski definition) is 4. The fourth-order valence-electron chi connectivity index (χ4n) is 2.87. The molecule has 0 aliphatic rings. The van der Waals surface area contributed by atoms with Gasteiger partial charge in [0.05, 0.1) is 19.2 Å². The van der Waals surface area contributed by atoms with E-state index in [2.05, 4.69) is 26.7 Å². The molecule has 0 atom stereocenters. The first-order chi connectivity index (χ1) is 13.8. The number of nitrogens with zero attached hydrogens (tertiary/aromatic N) is 2. The summed E-state index contributed by atoms with van der Waals surface area (Å²) in [6.45, 7) is 2.07. The van der Waals surface area contributed by atoms with Gasteiger partial charge in [-0.3, -0.25) is 9.98 Å². The molecular formula is C22H26N4O2. The minimum Gasteiger partial charge on any atom is -0.497 e. The van der Waals surface area contributed by atoms with Gasteiger partial charge in [-0.25, -0.2) is 0 Å². The molecule has 146 valence electrons. The van der Waals surface area contributed by atoms with E-state index in [0.29, 0.717) is 13.2 Å². The zero-order valence-electron chi connectivity index (χ0n) is 16.3. The Kier molecular flexibility index (Phi) is 7.07. The summed E-state index contributed by atoms with van der Waals surface area (Å²) in [5.41, 5.74) is 2.19. The van der Waals surface area contributed by atoms with Gasteiger partial charge in [0, 0.05) is 37.8 Å². The summed E-state index contributed by atoms with van der Waals surface area (Å²) in [6.07, 6.45) is 2.70. The van der Waals surface area contributed by atoms with E-state index >= 15 is 0 Å². The van der Waals surface area contributed by atoms with Gasteiger partial charge in [0.2, 0.25) is 0 Å². The molecule has 1 aromatic heterocycles. The third-order valence-corrected chi connectivity index (χ3v) is 4.33. The van der Waals surface area contributed by atoms with Crippen LogP contribution in [0, 0.1) is 0 Å². The first-order valence-electron chi connectivity index (χ1n) is 9.34. The van der Waals surface area contributed by atoms with Crippen LogP contribution in [0.2, 0.25) is 0 Å². The van der Waals surface area contributed by atoms with E-state index in [1.165, 1.54) is 5.56 Å². The molecular weight excluding hydrogens is 352 g/mol. The van der Waals surface area contributed by atoms with Gasteiger partial charge in [0.15, 0.2) is 5.96 Å². The molecule has 0 saturated carbocycles. The summed E-state index contributed by atoms with van der Waals surface area (Å²) in [5.74, 6) is 2.37. The predicted molar refractivity (Wildman–Crippen MR) is 113 cm³/mol. The Labute approximate surface area is 165 Å². The number of ether oxygens (including phenoxy) is 2. The lowest BCUT2D eigenvalue weighted by molar-refractivity contribution is 0.308. The van der Waals surface area contributed by atoms with E-state index in [-0.39, 0.29) is 0 Å². The van der Waals surface area contributed by atoms with Gasteiger partial charge < -0.3 is 20.1 Å². The highest BCUT2D eigenvalue weighted by atomic mass is 16.5. The number of rotatable bonds is 8. The minimum atomic E-state index is 0.617. The maximum atomic E-state index is 5.75. The first kappa shape index (κ1) is 19.5. The Hall–Kier alpha value is -3.28. The number of fused-ring (bicyclic) bond motifs is 1. The van der Waals surface area contributed by atoms with Crippen LogP contribution in [-0.2, 0) is 6.54 Å². The van der Waals surface area contributed by atoms with Crippen LogP contribution in [0.4, 0.5) is 0 Å². The van der Waals surface area contributed by atoms with Crippen molar-refractivity contribution >= 4 is 16.9 Å². The highest BCUT2D eigenvalue weighted by molar-refractivity contribution is 5.83. The smallest absolute Gasteiger partial charge is 0.191 e. The molecule has 0 amide bonds. The molecule has 0 unspecified atom stereocenters. The number of guanidine groups is 1. The van der Waals surface area contributed by atoms with Crippen molar-refractivity contribution in [2.75, 3.05) is 27.3 Å². The molecule has 3 aromatic rings. The highest BCUT2D eigenvalue weighted by Gasteiger charge is 2.03. The number of nitrogens with one attached hydrogen (secondary N) is 2. The van der Waals surface area contributed by atoms with Crippen molar-refractivity contribution < 1.29 is 9.47 Å². The zero-order valence-corrected chi connectivity index (χ0v) is 16.3. The number of aromatic nitrogens is 1. The van der Waals surface area contributed by atoms with Gasteiger partial charge in [-0.2, -0.15) is 0 Å². The third-order valence-electron chi connectivity index (χ3n) is 4.33. The minimum absolute atomic E-state index is 0.617. The average Bonchev–Trinajstić information content (AvgIpc) is 2.75. The predicted octanol–water partition coefficient (Wildman–Crippen LogP) is 3.38.